The van der Waals surface area contributed by atoms with Gasteiger partial charge in [0.2, 0.25) is 5.78 Å². The molecule has 0 spiro atoms. The van der Waals surface area contributed by atoms with Gasteiger partial charge in [-0.3, -0.25) is 4.79 Å². The molecule has 0 saturated heterocycles. The van der Waals surface area contributed by atoms with E-state index in [-0.39, 0.29) is 5.78 Å². The molecule has 174 valence electrons. The Bertz CT molecular complexity index is 1600. The number of hydrogen-bond donors (Lipinski definition) is 1. The molecule has 0 saturated carbocycles. The number of benzene rings is 3. The first-order chi connectivity index (χ1) is 17.0. The minimum absolute atomic E-state index is 0.336. The van der Waals surface area contributed by atoms with E-state index in [2.05, 4.69) is 4.98 Å². The number of nitrogens with one attached hydrogen (secondary N) is 1. The first kappa shape index (κ1) is 22.2. The third kappa shape index (κ3) is 4.56. The van der Waals surface area contributed by atoms with Gasteiger partial charge in [0.25, 0.3) is 0 Å². The van der Waals surface area contributed by atoms with Crippen molar-refractivity contribution in [1.29, 1.82) is 0 Å². The van der Waals surface area contributed by atoms with E-state index in [1.54, 1.807) is 48.7 Å². The van der Waals surface area contributed by atoms with E-state index in [1.165, 1.54) is 6.07 Å². The summed E-state index contributed by atoms with van der Waals surface area (Å²) in [5.41, 5.74) is 2.48. The number of aromatic nitrogens is 1. The Morgan fingerprint density at radius 1 is 0.943 bits per heavy atom. The van der Waals surface area contributed by atoms with Crippen LogP contribution in [0.15, 0.2) is 94.3 Å². The second-order valence-corrected chi connectivity index (χ2v) is 8.09. The Kier molecular flexibility index (Phi) is 5.89. The van der Waals surface area contributed by atoms with Gasteiger partial charge < -0.3 is 18.9 Å². The number of carbonyl (C=O) groups is 2. The normalized spacial score (nSPS) is 11.9. The van der Waals surface area contributed by atoms with Crippen LogP contribution in [0.3, 0.4) is 0 Å². The lowest BCUT2D eigenvalue weighted by Gasteiger charge is -2.17. The molecule has 0 unspecified atom stereocenters. The number of H-pyrrole nitrogens is 1. The summed E-state index contributed by atoms with van der Waals surface area (Å²) in [5, 5.41) is 1.52. The summed E-state index contributed by atoms with van der Waals surface area (Å²) in [7, 11) is 0. The van der Waals surface area contributed by atoms with E-state index in [1.807, 2.05) is 37.3 Å². The number of ether oxygens (including phenoxy) is 2. The maximum atomic E-state index is 13.5. The maximum Gasteiger partial charge on any atom is 0.345 e. The van der Waals surface area contributed by atoms with Crippen LogP contribution in [0.5, 0.6) is 5.75 Å². The van der Waals surface area contributed by atoms with E-state index in [0.717, 1.165) is 21.9 Å². The van der Waals surface area contributed by atoms with Crippen LogP contribution >= 0.6 is 0 Å². The Labute approximate surface area is 199 Å². The number of rotatable bonds is 7. The summed E-state index contributed by atoms with van der Waals surface area (Å²) < 4.78 is 16.4. The number of ketones is 1. The zero-order chi connectivity index (χ0) is 24.4. The summed E-state index contributed by atoms with van der Waals surface area (Å²) in [6, 6.07) is 22.7. The van der Waals surface area contributed by atoms with Crippen LogP contribution < -0.4 is 10.4 Å². The molecule has 0 radical (unpaired) electrons. The fourth-order valence-electron chi connectivity index (χ4n) is 4.02. The second-order valence-electron chi connectivity index (χ2n) is 8.09. The van der Waals surface area contributed by atoms with Gasteiger partial charge in [0.1, 0.15) is 11.3 Å². The summed E-state index contributed by atoms with van der Waals surface area (Å²) in [5.74, 6) is -0.717. The third-order valence-corrected chi connectivity index (χ3v) is 5.72. The predicted molar refractivity (Wildman–Crippen MR) is 131 cm³/mol. The van der Waals surface area contributed by atoms with Crippen LogP contribution in [-0.2, 0) is 9.53 Å². The molecule has 0 aliphatic carbocycles. The van der Waals surface area contributed by atoms with E-state index < -0.39 is 24.3 Å². The van der Waals surface area contributed by atoms with Crippen molar-refractivity contribution in [2.45, 2.75) is 13.0 Å². The van der Waals surface area contributed by atoms with E-state index in [0.29, 0.717) is 22.5 Å². The van der Waals surface area contributed by atoms with E-state index >= 15 is 0 Å². The van der Waals surface area contributed by atoms with Gasteiger partial charge in [0.15, 0.2) is 12.7 Å². The van der Waals surface area contributed by atoms with Gasteiger partial charge in [0, 0.05) is 45.7 Å². The van der Waals surface area contributed by atoms with Crippen molar-refractivity contribution in [3.8, 4) is 5.75 Å². The molecule has 5 rings (SSSR count). The first-order valence-electron chi connectivity index (χ1n) is 11.0. The number of Topliss-reactive ketones (excluding diaryl/α,β-unsaturated/α-hetero) is 1. The molecule has 1 atom stereocenters. The fraction of sp³-hybridized carbons (Fsp3) is 0.107. The molecule has 0 amide bonds. The highest BCUT2D eigenvalue weighted by molar-refractivity contribution is 6.10. The molecule has 0 fully saturated rings. The Balaban J connectivity index is 1.36. The van der Waals surface area contributed by atoms with Crippen LogP contribution in [0.1, 0.15) is 27.6 Å². The lowest BCUT2D eigenvalue weighted by atomic mass is 9.99. The number of aryl methyl sites for hydroxylation is 1. The molecule has 0 aliphatic heterocycles. The molecule has 5 aromatic rings. The quantitative estimate of drug-likeness (QED) is 0.202. The average Bonchev–Trinajstić information content (AvgIpc) is 3.30. The molecule has 7 heteroatoms. The summed E-state index contributed by atoms with van der Waals surface area (Å²) in [6.07, 6.45) is 0.488. The number of aromatic amines is 1. The molecule has 0 bridgehead atoms. The number of hydrogen-bond acceptors (Lipinski definition) is 6. The summed E-state index contributed by atoms with van der Waals surface area (Å²) in [4.78, 5) is 40.9. The van der Waals surface area contributed by atoms with Crippen molar-refractivity contribution in [2.75, 3.05) is 6.61 Å². The van der Waals surface area contributed by atoms with Gasteiger partial charge >= 0.3 is 11.6 Å². The second kappa shape index (κ2) is 9.30. The number of fused-ring (bicyclic) bond motifs is 2. The lowest BCUT2D eigenvalue weighted by Crippen LogP contribution is -2.23. The Hall–Kier alpha value is -4.65. The van der Waals surface area contributed by atoms with Crippen molar-refractivity contribution >= 4 is 33.6 Å². The van der Waals surface area contributed by atoms with Crippen LogP contribution in [0, 0.1) is 6.92 Å². The van der Waals surface area contributed by atoms with Gasteiger partial charge in [-0.25, -0.2) is 9.59 Å². The minimum atomic E-state index is -1.14. The van der Waals surface area contributed by atoms with Crippen LogP contribution in [0.2, 0.25) is 0 Å². The number of carbonyl (C=O) groups excluding carboxylic acids is 2. The molecule has 3 aromatic carbocycles. The third-order valence-electron chi connectivity index (χ3n) is 5.72. The molecule has 35 heavy (non-hydrogen) atoms. The van der Waals surface area contributed by atoms with Gasteiger partial charge in [0.05, 0.1) is 0 Å². The largest absolute Gasteiger partial charge is 0.482 e. The lowest BCUT2D eigenvalue weighted by molar-refractivity contribution is -0.149. The van der Waals surface area contributed by atoms with Gasteiger partial charge in [-0.05, 0) is 30.7 Å². The van der Waals surface area contributed by atoms with Crippen molar-refractivity contribution < 1.29 is 23.5 Å². The summed E-state index contributed by atoms with van der Waals surface area (Å²) in [6.45, 7) is 1.39. The highest BCUT2D eigenvalue weighted by Gasteiger charge is 2.28. The van der Waals surface area contributed by atoms with Gasteiger partial charge in [-0.15, -0.1) is 0 Å². The van der Waals surface area contributed by atoms with Crippen molar-refractivity contribution in [3.63, 3.8) is 0 Å². The molecule has 0 aliphatic rings. The maximum absolute atomic E-state index is 13.5. The summed E-state index contributed by atoms with van der Waals surface area (Å²) >= 11 is 0. The zero-order valence-corrected chi connectivity index (χ0v) is 18.8. The fourth-order valence-corrected chi connectivity index (χ4v) is 4.02. The molecule has 2 heterocycles. The first-order valence-corrected chi connectivity index (χ1v) is 11.0. The van der Waals surface area contributed by atoms with Gasteiger partial charge in [-0.2, -0.15) is 0 Å². The Morgan fingerprint density at radius 3 is 2.54 bits per heavy atom. The predicted octanol–water partition coefficient (Wildman–Crippen LogP) is 5.13. The van der Waals surface area contributed by atoms with Gasteiger partial charge in [-0.1, -0.05) is 48.5 Å². The Morgan fingerprint density at radius 2 is 1.71 bits per heavy atom. The smallest absolute Gasteiger partial charge is 0.345 e. The van der Waals surface area contributed by atoms with Crippen LogP contribution in [0.4, 0.5) is 0 Å². The van der Waals surface area contributed by atoms with Crippen molar-refractivity contribution in [3.05, 3.63) is 112 Å². The number of para-hydroxylation sites is 1. The molecular formula is C28H21NO6. The minimum Gasteiger partial charge on any atom is -0.482 e. The van der Waals surface area contributed by atoms with E-state index in [4.69, 9.17) is 13.9 Å². The highest BCUT2D eigenvalue weighted by Crippen LogP contribution is 2.28. The average molecular weight is 467 g/mol. The van der Waals surface area contributed by atoms with E-state index in [9.17, 15) is 14.4 Å². The van der Waals surface area contributed by atoms with Crippen LogP contribution in [0.25, 0.3) is 21.9 Å². The van der Waals surface area contributed by atoms with Crippen molar-refractivity contribution in [1.82, 2.24) is 4.98 Å². The molecular weight excluding hydrogens is 446 g/mol. The molecule has 1 N–H and O–H groups in total. The topological polar surface area (TPSA) is 98.6 Å². The SMILES string of the molecule is Cc1cc(=O)oc2cc(OCC(=O)O[C@H](C(=O)c3c[nH]c4ccccc34)c3ccccc3)ccc12. The molecule has 7 nitrogen and oxygen atoms in total. The zero-order valence-electron chi connectivity index (χ0n) is 18.8. The highest BCUT2D eigenvalue weighted by atomic mass is 16.6. The van der Waals surface area contributed by atoms with Crippen molar-refractivity contribution in [2.24, 2.45) is 0 Å². The monoisotopic (exact) mass is 467 g/mol. The van der Waals surface area contributed by atoms with Crippen LogP contribution in [-0.4, -0.2) is 23.3 Å². The standard InChI is InChI=1S/C28H21NO6/c1-17-13-25(30)34-24-14-19(11-12-20(17)24)33-16-26(31)35-28(18-7-3-2-4-8-18)27(32)22-15-29-23-10-6-5-9-21(22)23/h2-15,28-29H,16H2,1H3/t28-/m0/s1. The number of esters is 1. The molecule has 2 aromatic heterocycles.